The summed E-state index contributed by atoms with van der Waals surface area (Å²) in [6, 6.07) is 0. The Labute approximate surface area is 141 Å². The van der Waals surface area contributed by atoms with Gasteiger partial charge in [-0.15, -0.1) is 0 Å². The van der Waals surface area contributed by atoms with Gasteiger partial charge in [0.15, 0.2) is 8.32 Å². The van der Waals surface area contributed by atoms with E-state index in [0.29, 0.717) is 6.61 Å². The van der Waals surface area contributed by atoms with Crippen molar-refractivity contribution in [1.82, 2.24) is 9.78 Å². The Morgan fingerprint density at radius 1 is 1.38 bits per heavy atom. The molecule has 0 bridgehead atoms. The predicted molar refractivity (Wildman–Crippen MR) is 93.7 cm³/mol. The van der Waals surface area contributed by atoms with Crippen LogP contribution in [-0.4, -0.2) is 31.2 Å². The molecule has 0 amide bonds. The Bertz CT molecular complexity index is 521. The van der Waals surface area contributed by atoms with E-state index in [0.717, 1.165) is 15.0 Å². The average Bonchev–Trinajstić information content (AvgIpc) is 2.61. The van der Waals surface area contributed by atoms with Crippen molar-refractivity contribution in [2.24, 2.45) is 0 Å². The van der Waals surface area contributed by atoms with Crippen LogP contribution in [0, 0.1) is 10.5 Å². The molecule has 1 aromatic rings. The smallest absolute Gasteiger partial charge is 0.327 e. The Morgan fingerprint density at radius 2 is 1.95 bits per heavy atom. The van der Waals surface area contributed by atoms with Crippen molar-refractivity contribution in [3.8, 4) is 0 Å². The summed E-state index contributed by atoms with van der Waals surface area (Å²) in [7, 11) is -0.449. The van der Waals surface area contributed by atoms with Gasteiger partial charge in [-0.1, -0.05) is 20.8 Å². The third kappa shape index (κ3) is 4.53. The SMILES string of the molecule is COC(=O)Cn1nc(C)c(I)c1CO[Si](C)(C)C(C)(C)C. The molecule has 0 N–H and O–H groups in total. The molecule has 0 aliphatic rings. The van der Waals surface area contributed by atoms with E-state index in [1.54, 1.807) is 4.68 Å². The van der Waals surface area contributed by atoms with Crippen LogP contribution in [0.25, 0.3) is 0 Å². The fourth-order valence-electron chi connectivity index (χ4n) is 1.53. The monoisotopic (exact) mass is 424 g/mol. The van der Waals surface area contributed by atoms with Gasteiger partial charge in [-0.2, -0.15) is 5.10 Å². The molecule has 0 radical (unpaired) electrons. The van der Waals surface area contributed by atoms with E-state index in [-0.39, 0.29) is 17.6 Å². The molecule has 7 heteroatoms. The van der Waals surface area contributed by atoms with Gasteiger partial charge in [-0.3, -0.25) is 9.48 Å². The molecule has 120 valence electrons. The van der Waals surface area contributed by atoms with Crippen molar-refractivity contribution in [2.75, 3.05) is 7.11 Å². The Morgan fingerprint density at radius 3 is 2.43 bits per heavy atom. The van der Waals surface area contributed by atoms with Crippen molar-refractivity contribution in [3.63, 3.8) is 0 Å². The van der Waals surface area contributed by atoms with Gasteiger partial charge in [-0.05, 0) is 47.6 Å². The lowest BCUT2D eigenvalue weighted by atomic mass is 10.2. The van der Waals surface area contributed by atoms with Crippen LogP contribution in [0.5, 0.6) is 0 Å². The van der Waals surface area contributed by atoms with Crippen LogP contribution >= 0.6 is 22.6 Å². The first kappa shape index (κ1) is 18.6. The van der Waals surface area contributed by atoms with Gasteiger partial charge in [-0.25, -0.2) is 0 Å². The number of hydrogen-bond donors (Lipinski definition) is 0. The summed E-state index contributed by atoms with van der Waals surface area (Å²) in [6.07, 6.45) is 0. The lowest BCUT2D eigenvalue weighted by Gasteiger charge is -2.36. The maximum Gasteiger partial charge on any atom is 0.327 e. The van der Waals surface area contributed by atoms with Crippen LogP contribution in [-0.2, 0) is 27.1 Å². The number of aromatic nitrogens is 2. The summed E-state index contributed by atoms with van der Waals surface area (Å²) in [5.74, 6) is -0.303. The average molecular weight is 424 g/mol. The molecule has 1 rings (SSSR count). The molecule has 21 heavy (non-hydrogen) atoms. The van der Waals surface area contributed by atoms with E-state index < -0.39 is 8.32 Å². The van der Waals surface area contributed by atoms with Gasteiger partial charge in [0.2, 0.25) is 0 Å². The van der Waals surface area contributed by atoms with Crippen LogP contribution in [0.3, 0.4) is 0 Å². The summed E-state index contributed by atoms with van der Waals surface area (Å²) in [6.45, 7) is 13.6. The zero-order valence-corrected chi connectivity index (χ0v) is 17.1. The highest BCUT2D eigenvalue weighted by atomic mass is 127. The zero-order chi connectivity index (χ0) is 16.4. The number of carbonyl (C=O) groups is 1. The second-order valence-electron chi connectivity index (χ2n) is 6.63. The van der Waals surface area contributed by atoms with E-state index in [1.165, 1.54) is 7.11 Å². The first-order valence-corrected chi connectivity index (χ1v) is 10.9. The number of rotatable bonds is 5. The van der Waals surface area contributed by atoms with Gasteiger partial charge in [0.05, 0.1) is 28.7 Å². The molecule has 0 aliphatic heterocycles. The maximum atomic E-state index is 11.5. The fraction of sp³-hybridized carbons (Fsp3) is 0.714. The Kier molecular flexibility index (Phi) is 6.02. The number of ether oxygens (including phenoxy) is 1. The van der Waals surface area contributed by atoms with Crippen molar-refractivity contribution < 1.29 is 14.0 Å². The molecule has 0 unspecified atom stereocenters. The van der Waals surface area contributed by atoms with Crippen molar-refractivity contribution >= 4 is 36.9 Å². The van der Waals surface area contributed by atoms with Crippen molar-refractivity contribution in [2.45, 2.75) is 59.0 Å². The van der Waals surface area contributed by atoms with Crippen molar-refractivity contribution in [3.05, 3.63) is 15.0 Å². The van der Waals surface area contributed by atoms with Gasteiger partial charge in [0, 0.05) is 0 Å². The number of esters is 1. The number of methoxy groups -OCH3 is 1. The number of hydrogen-bond acceptors (Lipinski definition) is 4. The van der Waals surface area contributed by atoms with Gasteiger partial charge in [0.25, 0.3) is 0 Å². The van der Waals surface area contributed by atoms with E-state index >= 15 is 0 Å². The molecule has 0 atom stereocenters. The van der Waals surface area contributed by atoms with Gasteiger partial charge < -0.3 is 9.16 Å². The van der Waals surface area contributed by atoms with E-state index in [4.69, 9.17) is 9.16 Å². The number of halogens is 1. The zero-order valence-electron chi connectivity index (χ0n) is 13.9. The first-order chi connectivity index (χ1) is 9.49. The van der Waals surface area contributed by atoms with Crippen LogP contribution in [0.2, 0.25) is 18.1 Å². The van der Waals surface area contributed by atoms with Gasteiger partial charge >= 0.3 is 5.97 Å². The lowest BCUT2D eigenvalue weighted by molar-refractivity contribution is -0.141. The highest BCUT2D eigenvalue weighted by Crippen LogP contribution is 2.37. The molecular weight excluding hydrogens is 399 g/mol. The molecular formula is C14H25IN2O3Si. The van der Waals surface area contributed by atoms with E-state index in [1.807, 2.05) is 6.92 Å². The second-order valence-corrected chi connectivity index (χ2v) is 12.5. The molecule has 0 saturated carbocycles. The van der Waals surface area contributed by atoms with Crippen molar-refractivity contribution in [1.29, 1.82) is 0 Å². The molecule has 1 heterocycles. The summed E-state index contributed by atoms with van der Waals surface area (Å²) in [4.78, 5) is 11.5. The Hall–Kier alpha value is -0.413. The molecule has 1 aromatic heterocycles. The van der Waals surface area contributed by atoms with Crippen LogP contribution in [0.1, 0.15) is 32.2 Å². The lowest BCUT2D eigenvalue weighted by Crippen LogP contribution is -2.40. The minimum atomic E-state index is -1.83. The highest BCUT2D eigenvalue weighted by molar-refractivity contribution is 14.1. The van der Waals surface area contributed by atoms with Crippen LogP contribution in [0.4, 0.5) is 0 Å². The third-order valence-corrected chi connectivity index (χ3v) is 9.92. The minimum Gasteiger partial charge on any atom is -0.468 e. The molecule has 0 aromatic carbocycles. The molecule has 0 saturated heterocycles. The molecule has 5 nitrogen and oxygen atoms in total. The first-order valence-electron chi connectivity index (χ1n) is 6.92. The van der Waals surface area contributed by atoms with Crippen LogP contribution < -0.4 is 0 Å². The summed E-state index contributed by atoms with van der Waals surface area (Å²) in [5.41, 5.74) is 1.86. The number of carbonyl (C=O) groups excluding carboxylic acids is 1. The molecule has 0 aliphatic carbocycles. The number of aryl methyl sites for hydroxylation is 1. The summed E-state index contributed by atoms with van der Waals surface area (Å²) in [5, 5.41) is 4.56. The van der Waals surface area contributed by atoms with E-state index in [2.05, 4.69) is 61.6 Å². The molecule has 0 fully saturated rings. The summed E-state index contributed by atoms with van der Waals surface area (Å²) >= 11 is 2.26. The normalized spacial score (nSPS) is 12.6. The van der Waals surface area contributed by atoms with Crippen LogP contribution in [0.15, 0.2) is 0 Å². The third-order valence-electron chi connectivity index (χ3n) is 4.04. The topological polar surface area (TPSA) is 53.4 Å². The fourth-order valence-corrected chi connectivity index (χ4v) is 3.00. The summed E-state index contributed by atoms with van der Waals surface area (Å²) < 4.78 is 13.7. The highest BCUT2D eigenvalue weighted by Gasteiger charge is 2.37. The maximum absolute atomic E-state index is 11.5. The number of nitrogens with zero attached hydrogens (tertiary/aromatic N) is 2. The second kappa shape index (κ2) is 6.78. The largest absolute Gasteiger partial charge is 0.468 e. The Balaban J connectivity index is 2.95. The molecule has 0 spiro atoms. The quantitative estimate of drug-likeness (QED) is 0.413. The standard InChI is InChI=1S/C14H25IN2O3Si/c1-10-13(15)11(17(16-10)8-12(18)19-5)9-20-21(6,7)14(2,3)4/h8-9H2,1-7H3. The predicted octanol–water partition coefficient (Wildman–Crippen LogP) is 3.49. The van der Waals surface area contributed by atoms with E-state index in [9.17, 15) is 4.79 Å². The minimum absolute atomic E-state index is 0.122. The van der Waals surface area contributed by atoms with Gasteiger partial charge in [0.1, 0.15) is 6.54 Å².